The van der Waals surface area contributed by atoms with Gasteiger partial charge < -0.3 is 5.73 Å². The van der Waals surface area contributed by atoms with E-state index in [9.17, 15) is 13.2 Å². The molecule has 1 aliphatic rings. The maximum atomic E-state index is 12.5. The molecule has 8 heteroatoms. The Labute approximate surface area is 129 Å². The first kappa shape index (κ1) is 16.0. The number of benzene rings is 1. The van der Waals surface area contributed by atoms with Crippen molar-refractivity contribution in [2.45, 2.75) is 24.7 Å². The molecule has 0 saturated heterocycles. The molecule has 0 unspecified atom stereocenters. The van der Waals surface area contributed by atoms with E-state index < -0.39 is 15.9 Å². The minimum atomic E-state index is -3.65. The van der Waals surface area contributed by atoms with Gasteiger partial charge in [0.15, 0.2) is 5.96 Å². The molecule has 1 aromatic rings. The molecule has 0 radical (unpaired) electrons. The monoisotopic (exact) mass is 322 g/mol. The van der Waals surface area contributed by atoms with Crippen molar-refractivity contribution in [1.29, 1.82) is 5.41 Å². The van der Waals surface area contributed by atoms with Gasteiger partial charge in [0.2, 0.25) is 0 Å². The van der Waals surface area contributed by atoms with Gasteiger partial charge >= 0.3 is 0 Å². The van der Waals surface area contributed by atoms with Gasteiger partial charge in [0.05, 0.1) is 4.90 Å². The van der Waals surface area contributed by atoms with Crippen LogP contribution in [0.2, 0.25) is 0 Å². The summed E-state index contributed by atoms with van der Waals surface area (Å²) in [6.07, 6.45) is 4.51. The molecule has 0 aliphatic carbocycles. The lowest BCUT2D eigenvalue weighted by molar-refractivity contribution is 0.0843. The molecule has 4 N–H and O–H groups in total. The van der Waals surface area contributed by atoms with E-state index in [0.29, 0.717) is 18.5 Å². The molecule has 1 heterocycles. The molecular weight excluding hydrogens is 304 g/mol. The lowest BCUT2D eigenvalue weighted by Crippen LogP contribution is -2.42. The van der Waals surface area contributed by atoms with Gasteiger partial charge in [-0.2, -0.15) is 0 Å². The van der Waals surface area contributed by atoms with Crippen molar-refractivity contribution in [1.82, 2.24) is 9.62 Å². The highest BCUT2D eigenvalue weighted by Crippen LogP contribution is 2.23. The van der Waals surface area contributed by atoms with Crippen molar-refractivity contribution in [3.63, 3.8) is 0 Å². The topological polar surface area (TPSA) is 116 Å². The summed E-state index contributed by atoms with van der Waals surface area (Å²) in [4.78, 5) is 13.6. The van der Waals surface area contributed by atoms with E-state index in [4.69, 9.17) is 11.1 Å². The average Bonchev–Trinajstić information content (AvgIpc) is 2.46. The van der Waals surface area contributed by atoms with E-state index in [1.807, 2.05) is 6.92 Å². The summed E-state index contributed by atoms with van der Waals surface area (Å²) in [6, 6.07) is 4.41. The smallest absolute Gasteiger partial charge is 0.262 e. The lowest BCUT2D eigenvalue weighted by Gasteiger charge is -2.21. The largest absolute Gasteiger partial charge is 0.370 e. The Bertz CT molecular complexity index is 740. The zero-order chi connectivity index (χ0) is 16.3. The minimum Gasteiger partial charge on any atom is -0.370 e. The normalized spacial score (nSPS) is 14.8. The Kier molecular flexibility index (Phi) is 4.51. The number of nitrogens with two attached hydrogens (primary N) is 1. The van der Waals surface area contributed by atoms with Gasteiger partial charge in [-0.05, 0) is 30.2 Å². The summed E-state index contributed by atoms with van der Waals surface area (Å²) in [7, 11) is -3.65. The Morgan fingerprint density at radius 1 is 1.41 bits per heavy atom. The lowest BCUT2D eigenvalue weighted by atomic mass is 10.1. The number of unbranched alkanes of at least 4 members (excludes halogenated alkanes) is 1. The Morgan fingerprint density at radius 2 is 2.14 bits per heavy atom. The predicted molar refractivity (Wildman–Crippen MR) is 83.7 cm³/mol. The van der Waals surface area contributed by atoms with Crippen LogP contribution in [-0.4, -0.2) is 31.7 Å². The summed E-state index contributed by atoms with van der Waals surface area (Å²) in [5, 5.41) is 7.52. The SMILES string of the molecule is CCCCN(C(=N)N)C(=O)c1ccc2c(c1)S(=O)(=O)NC=C2. The number of sulfonamides is 1. The summed E-state index contributed by atoms with van der Waals surface area (Å²) >= 11 is 0. The second-order valence-electron chi connectivity index (χ2n) is 4.90. The number of hydrogen-bond acceptors (Lipinski definition) is 4. The molecule has 118 valence electrons. The van der Waals surface area contributed by atoms with Crippen LogP contribution in [0.25, 0.3) is 6.08 Å². The van der Waals surface area contributed by atoms with Gasteiger partial charge in [-0.25, -0.2) is 8.42 Å². The van der Waals surface area contributed by atoms with Crippen LogP contribution >= 0.6 is 0 Å². The number of amides is 1. The van der Waals surface area contributed by atoms with Crippen LogP contribution in [-0.2, 0) is 10.0 Å². The van der Waals surface area contributed by atoms with Crippen molar-refractivity contribution in [3.8, 4) is 0 Å². The van der Waals surface area contributed by atoms with Crippen molar-refractivity contribution >= 4 is 28.0 Å². The quantitative estimate of drug-likeness (QED) is 0.568. The zero-order valence-corrected chi connectivity index (χ0v) is 13.0. The van der Waals surface area contributed by atoms with Gasteiger partial charge in [0.25, 0.3) is 15.9 Å². The standard InChI is InChI=1S/C14H18N4O3S/c1-2-3-8-18(14(15)16)13(19)11-5-4-10-6-7-17-22(20,21)12(10)9-11/h4-7,9,17H,2-3,8H2,1H3,(H3,15,16). The molecule has 0 spiro atoms. The number of rotatable bonds is 4. The van der Waals surface area contributed by atoms with Gasteiger partial charge in [-0.3, -0.25) is 19.8 Å². The number of carbonyl (C=O) groups is 1. The molecule has 0 atom stereocenters. The highest BCUT2D eigenvalue weighted by molar-refractivity contribution is 7.89. The molecule has 0 bridgehead atoms. The van der Waals surface area contributed by atoms with Crippen molar-refractivity contribution in [2.24, 2.45) is 5.73 Å². The predicted octanol–water partition coefficient (Wildman–Crippen LogP) is 1.08. The molecule has 7 nitrogen and oxygen atoms in total. The second kappa shape index (κ2) is 6.18. The Hall–Kier alpha value is -2.35. The molecule has 1 aromatic carbocycles. The maximum absolute atomic E-state index is 12.5. The zero-order valence-electron chi connectivity index (χ0n) is 12.2. The molecule has 0 fully saturated rings. The second-order valence-corrected chi connectivity index (χ2v) is 6.59. The summed E-state index contributed by atoms with van der Waals surface area (Å²) in [6.45, 7) is 2.29. The first-order valence-corrected chi connectivity index (χ1v) is 8.34. The molecule has 0 saturated carbocycles. The number of nitrogens with zero attached hydrogens (tertiary/aromatic N) is 1. The van der Waals surface area contributed by atoms with E-state index in [1.165, 1.54) is 18.3 Å². The van der Waals surface area contributed by atoms with E-state index in [-0.39, 0.29) is 16.4 Å². The van der Waals surface area contributed by atoms with Crippen molar-refractivity contribution in [2.75, 3.05) is 6.54 Å². The van der Waals surface area contributed by atoms with Gasteiger partial charge in [-0.1, -0.05) is 19.4 Å². The molecule has 0 aromatic heterocycles. The Morgan fingerprint density at radius 3 is 2.77 bits per heavy atom. The fourth-order valence-corrected chi connectivity index (χ4v) is 3.22. The van der Waals surface area contributed by atoms with Crippen LogP contribution in [0, 0.1) is 5.41 Å². The molecule has 1 aliphatic heterocycles. The fraction of sp³-hybridized carbons (Fsp3) is 0.286. The molecule has 1 amide bonds. The number of carbonyl (C=O) groups excluding carboxylic acids is 1. The third-order valence-electron chi connectivity index (χ3n) is 3.31. The van der Waals surface area contributed by atoms with Crippen LogP contribution in [0.3, 0.4) is 0 Å². The van der Waals surface area contributed by atoms with Crippen LogP contribution in [0.5, 0.6) is 0 Å². The third kappa shape index (κ3) is 3.11. The summed E-state index contributed by atoms with van der Waals surface area (Å²) in [5.41, 5.74) is 6.15. The van der Waals surface area contributed by atoms with Gasteiger partial charge in [0, 0.05) is 18.3 Å². The minimum absolute atomic E-state index is 0.0415. The molecular formula is C14H18N4O3S. The summed E-state index contributed by atoms with van der Waals surface area (Å²) in [5.74, 6) is -0.828. The molecule has 22 heavy (non-hydrogen) atoms. The third-order valence-corrected chi connectivity index (χ3v) is 4.69. The van der Waals surface area contributed by atoms with E-state index in [0.717, 1.165) is 11.3 Å². The average molecular weight is 322 g/mol. The summed E-state index contributed by atoms with van der Waals surface area (Å²) < 4.78 is 26.2. The van der Waals surface area contributed by atoms with E-state index >= 15 is 0 Å². The first-order chi connectivity index (χ1) is 10.4. The van der Waals surface area contributed by atoms with Crippen LogP contribution in [0.15, 0.2) is 29.3 Å². The van der Waals surface area contributed by atoms with Crippen LogP contribution in [0.1, 0.15) is 35.7 Å². The molecule has 2 rings (SSSR count). The van der Waals surface area contributed by atoms with Crippen LogP contribution in [0.4, 0.5) is 0 Å². The number of hydrogen-bond donors (Lipinski definition) is 3. The maximum Gasteiger partial charge on any atom is 0.262 e. The number of guanidine groups is 1. The first-order valence-electron chi connectivity index (χ1n) is 6.85. The van der Waals surface area contributed by atoms with Crippen molar-refractivity contribution < 1.29 is 13.2 Å². The van der Waals surface area contributed by atoms with Crippen LogP contribution < -0.4 is 10.5 Å². The fourth-order valence-electron chi connectivity index (χ4n) is 2.12. The highest BCUT2D eigenvalue weighted by atomic mass is 32.2. The van der Waals surface area contributed by atoms with E-state index in [1.54, 1.807) is 12.1 Å². The Balaban J connectivity index is 2.39. The van der Waals surface area contributed by atoms with Crippen molar-refractivity contribution in [3.05, 3.63) is 35.5 Å². The van der Waals surface area contributed by atoms with Gasteiger partial charge in [-0.15, -0.1) is 0 Å². The van der Waals surface area contributed by atoms with Gasteiger partial charge in [0.1, 0.15) is 0 Å². The highest BCUT2D eigenvalue weighted by Gasteiger charge is 2.24. The van der Waals surface area contributed by atoms with E-state index in [2.05, 4.69) is 4.72 Å². The number of nitrogens with one attached hydrogen (secondary N) is 2. The number of fused-ring (bicyclic) bond motifs is 1.